The van der Waals surface area contributed by atoms with E-state index in [0.29, 0.717) is 6.54 Å². The molecule has 1 atom stereocenters. The number of rotatable bonds is 9. The van der Waals surface area contributed by atoms with Crippen molar-refractivity contribution in [1.29, 1.82) is 0 Å². The van der Waals surface area contributed by atoms with Gasteiger partial charge in [0.25, 0.3) is 0 Å². The van der Waals surface area contributed by atoms with E-state index in [1.54, 1.807) is 26.0 Å². The molecule has 0 bridgehead atoms. The van der Waals surface area contributed by atoms with Crippen LogP contribution in [0.2, 0.25) is 15.1 Å². The molecule has 33 heavy (non-hydrogen) atoms. The molecule has 0 heterocycles. The number of amides is 2. The maximum Gasteiger partial charge on any atom is 0.244 e. The molecule has 0 fully saturated rings. The van der Waals surface area contributed by atoms with Crippen LogP contribution < -0.4 is 9.62 Å². The van der Waals surface area contributed by atoms with Gasteiger partial charge in [-0.1, -0.05) is 62.9 Å². The predicted octanol–water partition coefficient (Wildman–Crippen LogP) is 4.73. The third-order valence-corrected chi connectivity index (χ3v) is 7.34. The molecule has 2 aromatic carbocycles. The maximum atomic E-state index is 13.4. The van der Waals surface area contributed by atoms with E-state index in [-0.39, 0.29) is 33.2 Å². The lowest BCUT2D eigenvalue weighted by Gasteiger charge is -2.31. The summed E-state index contributed by atoms with van der Waals surface area (Å²) in [6.45, 7) is 3.23. The Balaban J connectivity index is 2.46. The summed E-state index contributed by atoms with van der Waals surface area (Å²) >= 11 is 21.6. The number of anilines is 1. The van der Waals surface area contributed by atoms with E-state index in [1.165, 1.54) is 17.0 Å². The molecule has 1 N–H and O–H groups in total. The van der Waals surface area contributed by atoms with Gasteiger partial charge in [-0.3, -0.25) is 13.9 Å². The minimum Gasteiger partial charge on any atom is -0.355 e. The number of carbonyl (C=O) groups is 2. The topological polar surface area (TPSA) is 86.8 Å². The molecule has 180 valence electrons. The molecule has 0 aliphatic rings. The van der Waals surface area contributed by atoms with Gasteiger partial charge in [0.2, 0.25) is 21.8 Å². The van der Waals surface area contributed by atoms with Crippen LogP contribution in [0, 0.1) is 0 Å². The van der Waals surface area contributed by atoms with Gasteiger partial charge < -0.3 is 10.2 Å². The fraction of sp³-hybridized carbons (Fsp3) is 0.333. The van der Waals surface area contributed by atoms with E-state index in [2.05, 4.69) is 21.2 Å². The van der Waals surface area contributed by atoms with Crippen LogP contribution in [0.4, 0.5) is 5.69 Å². The number of likely N-dealkylation sites (N-methyl/N-ethyl adjacent to an activating group) is 1. The Morgan fingerprint density at radius 2 is 1.73 bits per heavy atom. The highest BCUT2D eigenvalue weighted by molar-refractivity contribution is 9.10. The number of hydrogen-bond donors (Lipinski definition) is 1. The van der Waals surface area contributed by atoms with Gasteiger partial charge in [-0.15, -0.1) is 0 Å². The molecular weight excluding hydrogens is 577 g/mol. The molecule has 0 aromatic heterocycles. The van der Waals surface area contributed by atoms with Gasteiger partial charge in [0.15, 0.2) is 0 Å². The van der Waals surface area contributed by atoms with E-state index in [0.717, 1.165) is 20.6 Å². The van der Waals surface area contributed by atoms with Crippen molar-refractivity contribution in [3.05, 3.63) is 61.5 Å². The molecule has 0 saturated heterocycles. The summed E-state index contributed by atoms with van der Waals surface area (Å²) < 4.78 is 26.8. The average Bonchev–Trinajstić information content (AvgIpc) is 2.72. The van der Waals surface area contributed by atoms with E-state index < -0.39 is 28.5 Å². The predicted molar refractivity (Wildman–Crippen MR) is 136 cm³/mol. The number of halogens is 4. The normalized spacial score (nSPS) is 12.2. The molecule has 0 saturated carbocycles. The van der Waals surface area contributed by atoms with Crippen LogP contribution in [0.1, 0.15) is 19.4 Å². The largest absolute Gasteiger partial charge is 0.355 e. The number of carbonyl (C=O) groups excluding carboxylic acids is 2. The number of nitrogens with one attached hydrogen (secondary N) is 1. The summed E-state index contributed by atoms with van der Waals surface area (Å²) in [6, 6.07) is 8.99. The van der Waals surface area contributed by atoms with Crippen LogP contribution in [-0.4, -0.2) is 50.5 Å². The lowest BCUT2D eigenvalue weighted by molar-refractivity contribution is -0.139. The van der Waals surface area contributed by atoms with E-state index in [9.17, 15) is 18.0 Å². The minimum absolute atomic E-state index is 0.00925. The van der Waals surface area contributed by atoms with E-state index in [4.69, 9.17) is 34.8 Å². The second kappa shape index (κ2) is 11.8. The average molecular weight is 600 g/mol. The van der Waals surface area contributed by atoms with Gasteiger partial charge in [0, 0.05) is 17.6 Å². The van der Waals surface area contributed by atoms with Crippen molar-refractivity contribution in [3.8, 4) is 0 Å². The Bertz CT molecular complexity index is 1150. The third kappa shape index (κ3) is 7.48. The van der Waals surface area contributed by atoms with Gasteiger partial charge in [0.1, 0.15) is 12.6 Å². The zero-order valence-corrected chi connectivity index (χ0v) is 22.8. The summed E-state index contributed by atoms with van der Waals surface area (Å²) in [7, 11) is -3.94. The van der Waals surface area contributed by atoms with E-state index in [1.807, 2.05) is 12.1 Å². The molecule has 0 aliphatic carbocycles. The number of hydrogen-bond acceptors (Lipinski definition) is 4. The van der Waals surface area contributed by atoms with E-state index >= 15 is 0 Å². The van der Waals surface area contributed by atoms with Gasteiger partial charge in [-0.05, 0) is 43.7 Å². The van der Waals surface area contributed by atoms with Gasteiger partial charge in [-0.25, -0.2) is 8.42 Å². The van der Waals surface area contributed by atoms with Gasteiger partial charge in [-0.2, -0.15) is 0 Å². The molecular formula is C21H23BrCl3N3O4S. The number of benzene rings is 2. The first-order valence-electron chi connectivity index (χ1n) is 9.79. The third-order valence-electron chi connectivity index (χ3n) is 4.70. The highest BCUT2D eigenvalue weighted by atomic mass is 79.9. The Morgan fingerprint density at radius 3 is 2.30 bits per heavy atom. The number of nitrogens with zero attached hydrogens (tertiary/aromatic N) is 2. The molecule has 2 amide bonds. The molecule has 0 aliphatic heterocycles. The quantitative estimate of drug-likeness (QED) is 0.423. The first-order valence-corrected chi connectivity index (χ1v) is 13.6. The highest BCUT2D eigenvalue weighted by Crippen LogP contribution is 2.35. The van der Waals surface area contributed by atoms with Crippen LogP contribution in [0.25, 0.3) is 0 Å². The second-order valence-corrected chi connectivity index (χ2v) is 11.3. The zero-order valence-electron chi connectivity index (χ0n) is 18.1. The van der Waals surface area contributed by atoms with Gasteiger partial charge >= 0.3 is 0 Å². The minimum atomic E-state index is -3.94. The summed E-state index contributed by atoms with van der Waals surface area (Å²) in [4.78, 5) is 27.3. The van der Waals surface area contributed by atoms with Gasteiger partial charge in [0.05, 0.1) is 27.0 Å². The molecule has 2 aromatic rings. The summed E-state index contributed by atoms with van der Waals surface area (Å²) in [5.41, 5.74) is 0.766. The summed E-state index contributed by atoms with van der Waals surface area (Å²) in [6.07, 6.45) is 0.949. The first-order chi connectivity index (χ1) is 15.3. The Morgan fingerprint density at radius 1 is 1.09 bits per heavy atom. The first kappa shape index (κ1) is 27.7. The summed E-state index contributed by atoms with van der Waals surface area (Å²) in [5.74, 6) is -0.958. The Kier molecular flexibility index (Phi) is 9.87. The zero-order chi connectivity index (χ0) is 24.9. The number of sulfonamides is 1. The fourth-order valence-electron chi connectivity index (χ4n) is 3.03. The lowest BCUT2D eigenvalue weighted by atomic mass is 10.1. The van der Waals surface area contributed by atoms with Crippen molar-refractivity contribution >= 4 is 78.3 Å². The lowest BCUT2D eigenvalue weighted by Crippen LogP contribution is -2.51. The monoisotopic (exact) mass is 597 g/mol. The highest BCUT2D eigenvalue weighted by Gasteiger charge is 2.31. The molecule has 12 heteroatoms. The van der Waals surface area contributed by atoms with Crippen molar-refractivity contribution < 1.29 is 18.0 Å². The van der Waals surface area contributed by atoms with Crippen molar-refractivity contribution in [3.63, 3.8) is 0 Å². The van der Waals surface area contributed by atoms with Crippen molar-refractivity contribution in [2.45, 2.75) is 26.4 Å². The Labute approximate surface area is 217 Å². The molecule has 0 unspecified atom stereocenters. The molecule has 0 spiro atoms. The van der Waals surface area contributed by atoms with Crippen LogP contribution >= 0.6 is 50.7 Å². The molecule has 2 rings (SSSR count). The Hall–Kier alpha value is -1.52. The SMILES string of the molecule is CCNC(=O)[C@H](C)N(Cc1cccc(Br)c1)C(=O)CN(c1cc(Cl)c(Cl)cc1Cl)S(C)(=O)=O. The molecule has 7 nitrogen and oxygen atoms in total. The maximum absolute atomic E-state index is 13.4. The second-order valence-electron chi connectivity index (χ2n) is 7.21. The summed E-state index contributed by atoms with van der Waals surface area (Å²) in [5, 5.41) is 2.93. The van der Waals surface area contributed by atoms with Crippen LogP contribution in [-0.2, 0) is 26.2 Å². The van der Waals surface area contributed by atoms with Crippen molar-refractivity contribution in [2.24, 2.45) is 0 Å². The van der Waals surface area contributed by atoms with Crippen LogP contribution in [0.15, 0.2) is 40.9 Å². The van der Waals surface area contributed by atoms with Crippen molar-refractivity contribution in [2.75, 3.05) is 23.7 Å². The molecule has 0 radical (unpaired) electrons. The standard InChI is InChI=1S/C21H23BrCl3N3O4S/c1-4-26-21(30)13(2)27(11-14-6-5-7-15(22)8-14)20(29)12-28(33(3,31)32)19-10-17(24)16(23)9-18(19)25/h5-10,13H,4,11-12H2,1-3H3,(H,26,30)/t13-/m0/s1. The van der Waals surface area contributed by atoms with Crippen molar-refractivity contribution in [1.82, 2.24) is 10.2 Å². The smallest absolute Gasteiger partial charge is 0.244 e. The van der Waals surface area contributed by atoms with Crippen LogP contribution in [0.5, 0.6) is 0 Å². The van der Waals surface area contributed by atoms with Crippen LogP contribution in [0.3, 0.4) is 0 Å². The fourth-order valence-corrected chi connectivity index (χ4v) is 5.03.